The Morgan fingerprint density at radius 1 is 1.32 bits per heavy atom. The molecule has 1 heterocycles. The number of hydrogen-bond acceptors (Lipinski definition) is 2. The second-order valence-corrected chi connectivity index (χ2v) is 3.83. The first-order valence-electron chi connectivity index (χ1n) is 5.30. The molecule has 0 aliphatic heterocycles. The largest absolute Gasteiger partial charge is 0.478 e. The van der Waals surface area contributed by atoms with Crippen molar-refractivity contribution in [1.82, 2.24) is 9.78 Å². The molecule has 0 saturated carbocycles. The molecule has 2 rings (SSSR count). The maximum Gasteiger partial charge on any atom is 0.339 e. The fourth-order valence-electron chi connectivity index (χ4n) is 1.68. The summed E-state index contributed by atoms with van der Waals surface area (Å²) in [7, 11) is 0. The van der Waals surface area contributed by atoms with E-state index in [0.29, 0.717) is 5.56 Å². The van der Waals surface area contributed by atoms with Gasteiger partial charge in [-0.2, -0.15) is 5.10 Å². The highest BCUT2D eigenvalue weighted by Gasteiger charge is 2.24. The molecule has 2 aromatic rings. The molecule has 1 N–H and O–H groups in total. The molecule has 100 valence electrons. The average Bonchev–Trinajstić information content (AvgIpc) is 2.76. The Hall–Kier alpha value is -2.31. The van der Waals surface area contributed by atoms with Crippen LogP contribution in [0.25, 0.3) is 0 Å². The van der Waals surface area contributed by atoms with Crippen LogP contribution in [0.4, 0.5) is 13.2 Å². The van der Waals surface area contributed by atoms with Crippen molar-refractivity contribution < 1.29 is 23.1 Å². The zero-order valence-electron chi connectivity index (χ0n) is 9.55. The van der Waals surface area contributed by atoms with Gasteiger partial charge in [0, 0.05) is 0 Å². The molecule has 0 bridgehead atoms. The van der Waals surface area contributed by atoms with E-state index >= 15 is 0 Å². The molecule has 0 aliphatic rings. The third-order valence-electron chi connectivity index (χ3n) is 2.56. The quantitative estimate of drug-likeness (QED) is 0.929. The van der Waals surface area contributed by atoms with Crippen molar-refractivity contribution >= 4 is 5.97 Å². The Balaban J connectivity index is 2.35. The van der Waals surface area contributed by atoms with Gasteiger partial charge >= 0.3 is 5.97 Å². The lowest BCUT2D eigenvalue weighted by atomic mass is 10.2. The van der Waals surface area contributed by atoms with E-state index < -0.39 is 29.5 Å². The highest BCUT2D eigenvalue weighted by Crippen LogP contribution is 2.23. The lowest BCUT2D eigenvalue weighted by molar-refractivity contribution is 0.0682. The third kappa shape index (κ3) is 2.75. The van der Waals surface area contributed by atoms with Crippen molar-refractivity contribution in [2.45, 2.75) is 13.0 Å². The Morgan fingerprint density at radius 2 is 1.95 bits per heavy atom. The number of benzene rings is 1. The molecule has 0 aliphatic carbocycles. The van der Waals surface area contributed by atoms with Gasteiger partial charge in [0.1, 0.15) is 17.1 Å². The Bertz CT molecular complexity index is 594. The van der Waals surface area contributed by atoms with E-state index in [2.05, 4.69) is 5.10 Å². The van der Waals surface area contributed by atoms with Crippen LogP contribution in [0, 0.1) is 5.82 Å². The van der Waals surface area contributed by atoms with Gasteiger partial charge in [0.25, 0.3) is 6.43 Å². The maximum atomic E-state index is 12.9. The maximum absolute atomic E-state index is 12.9. The lowest BCUT2D eigenvalue weighted by Crippen LogP contribution is -2.09. The van der Waals surface area contributed by atoms with Gasteiger partial charge in [-0.05, 0) is 17.7 Å². The van der Waals surface area contributed by atoms with E-state index in [1.165, 1.54) is 24.3 Å². The van der Waals surface area contributed by atoms with Crippen LogP contribution in [0.1, 0.15) is 28.0 Å². The molecule has 0 unspecified atom stereocenters. The summed E-state index contributed by atoms with van der Waals surface area (Å²) in [5.74, 6) is -1.90. The monoisotopic (exact) mass is 270 g/mol. The predicted molar refractivity (Wildman–Crippen MR) is 59.6 cm³/mol. The average molecular weight is 270 g/mol. The van der Waals surface area contributed by atoms with Crippen LogP contribution in [0.2, 0.25) is 0 Å². The molecular weight excluding hydrogens is 261 g/mol. The fourth-order valence-corrected chi connectivity index (χ4v) is 1.68. The third-order valence-corrected chi connectivity index (χ3v) is 2.56. The lowest BCUT2D eigenvalue weighted by Gasteiger charge is -2.07. The molecule has 7 heteroatoms. The van der Waals surface area contributed by atoms with Gasteiger partial charge in [-0.15, -0.1) is 0 Å². The van der Waals surface area contributed by atoms with Gasteiger partial charge in [-0.3, -0.25) is 4.68 Å². The second-order valence-electron chi connectivity index (χ2n) is 3.83. The normalized spacial score (nSPS) is 10.9. The number of rotatable bonds is 4. The van der Waals surface area contributed by atoms with Gasteiger partial charge in [0.2, 0.25) is 0 Å². The molecule has 4 nitrogen and oxygen atoms in total. The first kappa shape index (κ1) is 13.1. The van der Waals surface area contributed by atoms with Crippen molar-refractivity contribution in [3.63, 3.8) is 0 Å². The topological polar surface area (TPSA) is 55.1 Å². The number of carboxylic acids is 1. The number of carboxylic acid groups (broad SMARTS) is 1. The summed E-state index contributed by atoms with van der Waals surface area (Å²) in [6, 6.07) is 5.23. The molecule has 0 radical (unpaired) electrons. The number of alkyl halides is 2. The highest BCUT2D eigenvalue weighted by molar-refractivity contribution is 5.88. The van der Waals surface area contributed by atoms with E-state index in [9.17, 15) is 18.0 Å². The molecule has 0 saturated heterocycles. The smallest absolute Gasteiger partial charge is 0.339 e. The fraction of sp³-hybridized carbons (Fsp3) is 0.167. The Labute approximate surface area is 106 Å². The standard InChI is InChI=1S/C12H9F3N2O2/c13-8-3-1-7(2-4-8)6-17-10(11(14)15)9(5-16-17)12(18)19/h1-5,11H,6H2,(H,18,19). The SMILES string of the molecule is O=C(O)c1cnn(Cc2ccc(F)cc2)c1C(F)F. The molecule has 1 aromatic heterocycles. The van der Waals surface area contributed by atoms with E-state index in [1.807, 2.05) is 0 Å². The van der Waals surface area contributed by atoms with Crippen LogP contribution in [0.5, 0.6) is 0 Å². The number of hydrogen-bond donors (Lipinski definition) is 1. The number of aromatic carboxylic acids is 1. The number of nitrogens with zero attached hydrogens (tertiary/aromatic N) is 2. The minimum absolute atomic E-state index is 0.0484. The van der Waals surface area contributed by atoms with E-state index in [1.54, 1.807) is 0 Å². The van der Waals surface area contributed by atoms with Crippen molar-refractivity contribution in [3.8, 4) is 0 Å². The summed E-state index contributed by atoms with van der Waals surface area (Å²) in [5, 5.41) is 12.4. The summed E-state index contributed by atoms with van der Waals surface area (Å²) in [6.07, 6.45) is -2.07. The van der Waals surface area contributed by atoms with Crippen LogP contribution >= 0.6 is 0 Å². The number of carbonyl (C=O) groups is 1. The van der Waals surface area contributed by atoms with Gasteiger partial charge in [-0.25, -0.2) is 18.0 Å². The molecule has 0 amide bonds. The van der Waals surface area contributed by atoms with Crippen molar-refractivity contribution in [2.75, 3.05) is 0 Å². The minimum atomic E-state index is -2.95. The van der Waals surface area contributed by atoms with Crippen LogP contribution in [0.15, 0.2) is 30.5 Å². The van der Waals surface area contributed by atoms with E-state index in [4.69, 9.17) is 5.11 Å². The molecular formula is C12H9F3N2O2. The van der Waals surface area contributed by atoms with Crippen LogP contribution in [-0.4, -0.2) is 20.9 Å². The molecule has 0 fully saturated rings. The van der Waals surface area contributed by atoms with Crippen LogP contribution < -0.4 is 0 Å². The Kier molecular flexibility index (Phi) is 3.55. The summed E-state index contributed by atoms with van der Waals surface area (Å²) in [5.41, 5.74) is -0.641. The summed E-state index contributed by atoms with van der Waals surface area (Å²) < 4.78 is 39.4. The first-order chi connectivity index (χ1) is 8.99. The molecule has 0 atom stereocenters. The van der Waals surface area contributed by atoms with Gasteiger partial charge in [0.05, 0.1) is 12.7 Å². The van der Waals surface area contributed by atoms with Crippen LogP contribution in [0.3, 0.4) is 0 Å². The van der Waals surface area contributed by atoms with Crippen LogP contribution in [-0.2, 0) is 6.54 Å². The molecule has 0 spiro atoms. The van der Waals surface area contributed by atoms with Gasteiger partial charge in [0.15, 0.2) is 0 Å². The Morgan fingerprint density at radius 3 is 2.47 bits per heavy atom. The zero-order valence-corrected chi connectivity index (χ0v) is 9.55. The molecule has 1 aromatic carbocycles. The number of halogens is 3. The summed E-state index contributed by atoms with van der Waals surface area (Å²) in [6.45, 7) is -0.0484. The van der Waals surface area contributed by atoms with Gasteiger partial charge in [-0.1, -0.05) is 12.1 Å². The molecule has 19 heavy (non-hydrogen) atoms. The second kappa shape index (κ2) is 5.13. The van der Waals surface area contributed by atoms with E-state index in [-0.39, 0.29) is 6.54 Å². The zero-order chi connectivity index (χ0) is 14.0. The summed E-state index contributed by atoms with van der Waals surface area (Å²) >= 11 is 0. The van der Waals surface area contributed by atoms with Gasteiger partial charge < -0.3 is 5.11 Å². The minimum Gasteiger partial charge on any atom is -0.478 e. The first-order valence-corrected chi connectivity index (χ1v) is 5.30. The van der Waals surface area contributed by atoms with E-state index in [0.717, 1.165) is 10.9 Å². The highest BCUT2D eigenvalue weighted by atomic mass is 19.3. The van der Waals surface area contributed by atoms with Crippen molar-refractivity contribution in [3.05, 3.63) is 53.1 Å². The van der Waals surface area contributed by atoms with Crippen molar-refractivity contribution in [1.29, 1.82) is 0 Å². The summed E-state index contributed by atoms with van der Waals surface area (Å²) in [4.78, 5) is 10.8. The number of aromatic nitrogens is 2. The predicted octanol–water partition coefficient (Wildman–Crippen LogP) is 2.71. The van der Waals surface area contributed by atoms with Crippen molar-refractivity contribution in [2.24, 2.45) is 0 Å².